The van der Waals surface area contributed by atoms with Gasteiger partial charge in [-0.25, -0.2) is 4.39 Å². The molecule has 0 heterocycles. The molecule has 0 spiro atoms. The monoisotopic (exact) mass is 290 g/mol. The number of unbranched alkanes of at least 4 members (excludes halogenated alkanes) is 2. The maximum Gasteiger partial charge on any atom is 0.101 e. The van der Waals surface area contributed by atoms with Gasteiger partial charge in [0.2, 0.25) is 0 Å². The van der Waals surface area contributed by atoms with Gasteiger partial charge >= 0.3 is 0 Å². The highest BCUT2D eigenvalue weighted by atomic mass is 19.1. The highest BCUT2D eigenvalue weighted by molar-refractivity contribution is 5.26. The Morgan fingerprint density at radius 3 is 2.29 bits per heavy atom. The Kier molecular flexibility index (Phi) is 6.73. The van der Waals surface area contributed by atoms with Crippen molar-refractivity contribution in [3.8, 4) is 0 Å². The van der Waals surface area contributed by atoms with E-state index in [1.165, 1.54) is 56.9 Å². The lowest BCUT2D eigenvalue weighted by Crippen LogP contribution is -2.13. The third-order valence-electron chi connectivity index (χ3n) is 5.03. The minimum absolute atomic E-state index is 0.546. The molecule has 2 rings (SSSR count). The van der Waals surface area contributed by atoms with Crippen molar-refractivity contribution in [1.82, 2.24) is 0 Å². The van der Waals surface area contributed by atoms with Crippen LogP contribution in [-0.2, 0) is 6.42 Å². The molecule has 1 aliphatic carbocycles. The fourth-order valence-corrected chi connectivity index (χ4v) is 3.72. The summed E-state index contributed by atoms with van der Waals surface area (Å²) in [4.78, 5) is 0. The second-order valence-electron chi connectivity index (χ2n) is 6.94. The summed E-state index contributed by atoms with van der Waals surface area (Å²) in [5.41, 5.74) is 2.60. The number of benzene rings is 1. The highest BCUT2D eigenvalue weighted by Gasteiger charge is 2.21. The molecule has 1 fully saturated rings. The van der Waals surface area contributed by atoms with Crippen molar-refractivity contribution in [3.63, 3.8) is 0 Å². The van der Waals surface area contributed by atoms with Crippen LogP contribution < -0.4 is 0 Å². The molecule has 1 heteroatoms. The lowest BCUT2D eigenvalue weighted by atomic mass is 9.77. The molecule has 118 valence electrons. The van der Waals surface area contributed by atoms with Crippen molar-refractivity contribution in [2.24, 2.45) is 5.92 Å². The normalized spacial score (nSPS) is 24.0. The van der Waals surface area contributed by atoms with Gasteiger partial charge in [0.1, 0.15) is 6.17 Å². The SMILES string of the molecule is CCCCC[C@H]1CC[C@H](c2ccc(CC(C)F)cc2)CC1. The molecule has 1 aromatic rings. The summed E-state index contributed by atoms with van der Waals surface area (Å²) < 4.78 is 13.0. The maximum atomic E-state index is 13.0. The smallest absolute Gasteiger partial charge is 0.101 e. The van der Waals surface area contributed by atoms with Crippen LogP contribution in [0.1, 0.15) is 82.3 Å². The van der Waals surface area contributed by atoms with Crippen molar-refractivity contribution in [2.75, 3.05) is 0 Å². The molecule has 1 saturated carbocycles. The van der Waals surface area contributed by atoms with Crippen LogP contribution in [0.15, 0.2) is 24.3 Å². The molecular formula is C20H31F. The fraction of sp³-hybridized carbons (Fsp3) is 0.700. The van der Waals surface area contributed by atoms with E-state index in [0.717, 1.165) is 17.4 Å². The highest BCUT2D eigenvalue weighted by Crippen LogP contribution is 2.37. The molecule has 1 atom stereocenters. The first-order chi connectivity index (χ1) is 10.2. The van der Waals surface area contributed by atoms with E-state index >= 15 is 0 Å². The average Bonchev–Trinajstić information content (AvgIpc) is 2.49. The van der Waals surface area contributed by atoms with Crippen molar-refractivity contribution < 1.29 is 4.39 Å². The van der Waals surface area contributed by atoms with Gasteiger partial charge in [-0.15, -0.1) is 0 Å². The molecular weight excluding hydrogens is 259 g/mol. The second kappa shape index (κ2) is 8.56. The largest absolute Gasteiger partial charge is 0.247 e. The first kappa shape index (κ1) is 16.5. The van der Waals surface area contributed by atoms with Crippen LogP contribution >= 0.6 is 0 Å². The lowest BCUT2D eigenvalue weighted by Gasteiger charge is -2.29. The topological polar surface area (TPSA) is 0 Å². The van der Waals surface area contributed by atoms with Crippen LogP contribution in [0.5, 0.6) is 0 Å². The number of rotatable bonds is 7. The zero-order valence-electron chi connectivity index (χ0n) is 13.8. The van der Waals surface area contributed by atoms with Gasteiger partial charge in [-0.3, -0.25) is 0 Å². The molecule has 0 aliphatic heterocycles. The quantitative estimate of drug-likeness (QED) is 0.507. The Morgan fingerprint density at radius 1 is 1.05 bits per heavy atom. The zero-order valence-corrected chi connectivity index (χ0v) is 13.8. The van der Waals surface area contributed by atoms with E-state index in [1.807, 2.05) is 0 Å². The Balaban J connectivity index is 1.79. The van der Waals surface area contributed by atoms with Crippen LogP contribution in [0.3, 0.4) is 0 Å². The van der Waals surface area contributed by atoms with Crippen LogP contribution in [0.2, 0.25) is 0 Å². The summed E-state index contributed by atoms with van der Waals surface area (Å²) in [6.07, 6.45) is 10.9. The molecule has 0 bridgehead atoms. The first-order valence-corrected chi connectivity index (χ1v) is 8.92. The summed E-state index contributed by atoms with van der Waals surface area (Å²) in [6, 6.07) is 8.72. The minimum Gasteiger partial charge on any atom is -0.247 e. The minimum atomic E-state index is -0.741. The van der Waals surface area contributed by atoms with E-state index in [1.54, 1.807) is 6.92 Å². The van der Waals surface area contributed by atoms with E-state index in [2.05, 4.69) is 31.2 Å². The van der Waals surface area contributed by atoms with Crippen LogP contribution in [0, 0.1) is 5.92 Å². The predicted molar refractivity (Wildman–Crippen MR) is 89.6 cm³/mol. The molecule has 21 heavy (non-hydrogen) atoms. The summed E-state index contributed by atoms with van der Waals surface area (Å²) >= 11 is 0. The number of hydrogen-bond donors (Lipinski definition) is 0. The third-order valence-corrected chi connectivity index (χ3v) is 5.03. The average molecular weight is 290 g/mol. The third kappa shape index (κ3) is 5.45. The van der Waals surface area contributed by atoms with Gasteiger partial charge < -0.3 is 0 Å². The van der Waals surface area contributed by atoms with E-state index < -0.39 is 6.17 Å². The van der Waals surface area contributed by atoms with Gasteiger partial charge in [0, 0.05) is 6.42 Å². The standard InChI is InChI=1S/C20H31F/c1-3-4-5-6-17-7-11-19(12-8-17)20-13-9-18(10-14-20)15-16(2)21/h9-10,13-14,16-17,19H,3-8,11-12,15H2,1-2H3/t16?,17-,19-. The van der Waals surface area contributed by atoms with Gasteiger partial charge in [0.25, 0.3) is 0 Å². The molecule has 1 aromatic carbocycles. The summed E-state index contributed by atoms with van der Waals surface area (Å²) in [5.74, 6) is 1.71. The summed E-state index contributed by atoms with van der Waals surface area (Å²) in [5, 5.41) is 0. The summed E-state index contributed by atoms with van der Waals surface area (Å²) in [7, 11) is 0. The van der Waals surface area contributed by atoms with Gasteiger partial charge in [0.15, 0.2) is 0 Å². The molecule has 0 aromatic heterocycles. The number of alkyl halides is 1. The Labute approximate surface area is 130 Å². The van der Waals surface area contributed by atoms with Gasteiger partial charge in [-0.2, -0.15) is 0 Å². The van der Waals surface area contributed by atoms with Crippen molar-refractivity contribution in [3.05, 3.63) is 35.4 Å². The van der Waals surface area contributed by atoms with Crippen LogP contribution in [0.25, 0.3) is 0 Å². The Bertz CT molecular complexity index is 385. The van der Waals surface area contributed by atoms with Crippen molar-refractivity contribution in [2.45, 2.75) is 83.7 Å². The first-order valence-electron chi connectivity index (χ1n) is 8.92. The van der Waals surface area contributed by atoms with E-state index in [4.69, 9.17) is 0 Å². The lowest BCUT2D eigenvalue weighted by molar-refractivity contribution is 0.302. The van der Waals surface area contributed by atoms with Crippen molar-refractivity contribution in [1.29, 1.82) is 0 Å². The van der Waals surface area contributed by atoms with E-state index in [-0.39, 0.29) is 0 Å². The molecule has 0 N–H and O–H groups in total. The van der Waals surface area contributed by atoms with E-state index in [0.29, 0.717) is 6.42 Å². The predicted octanol–water partition coefficient (Wildman–Crippen LogP) is 6.44. The number of halogens is 1. The van der Waals surface area contributed by atoms with Crippen LogP contribution in [0.4, 0.5) is 4.39 Å². The molecule has 0 saturated heterocycles. The van der Waals surface area contributed by atoms with E-state index in [9.17, 15) is 4.39 Å². The van der Waals surface area contributed by atoms with Gasteiger partial charge in [-0.05, 0) is 55.6 Å². The molecule has 1 unspecified atom stereocenters. The zero-order chi connectivity index (χ0) is 15.1. The number of hydrogen-bond acceptors (Lipinski definition) is 0. The van der Waals surface area contributed by atoms with Crippen molar-refractivity contribution >= 4 is 0 Å². The molecule has 0 radical (unpaired) electrons. The molecule has 1 aliphatic rings. The molecule has 0 amide bonds. The molecule has 0 nitrogen and oxygen atoms in total. The maximum absolute atomic E-state index is 13.0. The van der Waals surface area contributed by atoms with Crippen LogP contribution in [-0.4, -0.2) is 6.17 Å². The van der Waals surface area contributed by atoms with Gasteiger partial charge in [0.05, 0.1) is 0 Å². The Hall–Kier alpha value is -0.850. The summed E-state index contributed by atoms with van der Waals surface area (Å²) in [6.45, 7) is 3.91. The Morgan fingerprint density at radius 2 is 1.71 bits per heavy atom. The fourth-order valence-electron chi connectivity index (χ4n) is 3.72. The second-order valence-corrected chi connectivity index (χ2v) is 6.94. The van der Waals surface area contributed by atoms with Gasteiger partial charge in [-0.1, -0.05) is 56.9 Å².